The van der Waals surface area contributed by atoms with Gasteiger partial charge in [0.15, 0.2) is 5.82 Å². The van der Waals surface area contributed by atoms with E-state index in [1.807, 2.05) is 0 Å². The Morgan fingerprint density at radius 2 is 2.14 bits per heavy atom. The highest BCUT2D eigenvalue weighted by molar-refractivity contribution is 9.10. The molecule has 0 aliphatic rings. The number of halogens is 1. The van der Waals surface area contributed by atoms with E-state index in [1.54, 1.807) is 6.07 Å². The highest BCUT2D eigenvalue weighted by atomic mass is 79.9. The molecule has 2 rings (SSSR count). The van der Waals surface area contributed by atoms with Crippen molar-refractivity contribution in [3.8, 4) is 17.4 Å². The van der Waals surface area contributed by atoms with E-state index < -0.39 is 4.92 Å². The zero-order chi connectivity index (χ0) is 15.4. The number of methoxy groups -OCH3 is 1. The maximum atomic E-state index is 11.1. The molecule has 2 aromatic rings. The molecule has 0 saturated carbocycles. The Balaban J connectivity index is 2.51. The predicted octanol–water partition coefficient (Wildman–Crippen LogP) is 2.23. The molecule has 3 N–H and O–H groups in total. The van der Waals surface area contributed by atoms with Crippen LogP contribution in [0.25, 0.3) is 0 Å². The van der Waals surface area contributed by atoms with Crippen molar-refractivity contribution in [1.82, 2.24) is 9.97 Å². The zero-order valence-corrected chi connectivity index (χ0v) is 12.3. The summed E-state index contributed by atoms with van der Waals surface area (Å²) in [6.07, 6.45) is 1.19. The maximum absolute atomic E-state index is 11.1. The third-order valence-corrected chi connectivity index (χ3v) is 3.08. The summed E-state index contributed by atoms with van der Waals surface area (Å²) < 4.78 is 11.0. The van der Waals surface area contributed by atoms with E-state index in [0.717, 1.165) is 0 Å². The molecule has 0 bridgehead atoms. The molecule has 1 aromatic carbocycles. The monoisotopic (exact) mass is 355 g/mol. The van der Waals surface area contributed by atoms with E-state index in [2.05, 4.69) is 31.3 Å². The molecule has 0 unspecified atom stereocenters. The van der Waals surface area contributed by atoms with Crippen molar-refractivity contribution in [2.75, 3.05) is 12.5 Å². The van der Waals surface area contributed by atoms with E-state index in [4.69, 9.17) is 15.3 Å². The van der Waals surface area contributed by atoms with Crippen LogP contribution in [0.5, 0.6) is 17.4 Å². The Hall–Kier alpha value is -2.46. The van der Waals surface area contributed by atoms with Gasteiger partial charge in [0.1, 0.15) is 6.33 Å². The van der Waals surface area contributed by atoms with Crippen LogP contribution in [0.3, 0.4) is 0 Å². The van der Waals surface area contributed by atoms with Crippen LogP contribution in [-0.2, 0) is 0 Å². The van der Waals surface area contributed by atoms with Crippen LogP contribution in [-0.4, -0.2) is 22.0 Å². The Morgan fingerprint density at radius 1 is 1.38 bits per heavy atom. The van der Waals surface area contributed by atoms with Gasteiger partial charge in [0, 0.05) is 6.07 Å². The minimum Gasteiger partial charge on any atom is -0.489 e. The summed E-state index contributed by atoms with van der Waals surface area (Å²) in [5.74, 6) is 5.62. The largest absolute Gasteiger partial charge is 0.489 e. The SMILES string of the molecule is COc1c(NN)ncnc1Oc1c(Br)cccc1[N+](=O)[O-]. The summed E-state index contributed by atoms with van der Waals surface area (Å²) in [4.78, 5) is 18.2. The molecule has 0 atom stereocenters. The number of hydrogen-bond acceptors (Lipinski definition) is 8. The van der Waals surface area contributed by atoms with Gasteiger partial charge < -0.3 is 14.9 Å². The molecule has 0 fully saturated rings. The van der Waals surface area contributed by atoms with Gasteiger partial charge in [0.25, 0.3) is 5.88 Å². The number of para-hydroxylation sites is 1. The molecular weight excluding hydrogens is 346 g/mol. The van der Waals surface area contributed by atoms with Crippen molar-refractivity contribution in [1.29, 1.82) is 0 Å². The number of nitrogens with two attached hydrogens (primary N) is 1. The lowest BCUT2D eigenvalue weighted by molar-refractivity contribution is -0.385. The van der Waals surface area contributed by atoms with E-state index in [-0.39, 0.29) is 28.9 Å². The summed E-state index contributed by atoms with van der Waals surface area (Å²) in [6.45, 7) is 0. The second kappa shape index (κ2) is 6.33. The highest BCUT2D eigenvalue weighted by Gasteiger charge is 2.22. The number of hydrogen-bond donors (Lipinski definition) is 2. The Labute approximate surface area is 127 Å². The fourth-order valence-corrected chi connectivity index (χ4v) is 1.99. The van der Waals surface area contributed by atoms with E-state index in [1.165, 1.54) is 25.6 Å². The minimum atomic E-state index is -0.560. The van der Waals surface area contributed by atoms with Gasteiger partial charge in [-0.1, -0.05) is 6.07 Å². The van der Waals surface area contributed by atoms with Crippen molar-refractivity contribution in [3.63, 3.8) is 0 Å². The number of anilines is 1. The summed E-state index contributed by atoms with van der Waals surface area (Å²) in [5.41, 5.74) is 2.11. The Morgan fingerprint density at radius 3 is 2.76 bits per heavy atom. The minimum absolute atomic E-state index is 0.00229. The van der Waals surface area contributed by atoms with Crippen molar-refractivity contribution < 1.29 is 14.4 Å². The molecule has 21 heavy (non-hydrogen) atoms. The van der Waals surface area contributed by atoms with Crippen LogP contribution in [0.1, 0.15) is 0 Å². The number of aromatic nitrogens is 2. The molecular formula is C11H10BrN5O4. The van der Waals surface area contributed by atoms with Crippen LogP contribution in [0.2, 0.25) is 0 Å². The second-order valence-corrected chi connectivity index (χ2v) is 4.51. The fraction of sp³-hybridized carbons (Fsp3) is 0.0909. The normalized spacial score (nSPS) is 10.0. The van der Waals surface area contributed by atoms with Crippen LogP contribution >= 0.6 is 15.9 Å². The van der Waals surface area contributed by atoms with Crippen LogP contribution < -0.4 is 20.7 Å². The first kappa shape index (κ1) is 14.9. The molecule has 0 spiro atoms. The number of nitrogens with zero attached hydrogens (tertiary/aromatic N) is 3. The van der Waals surface area contributed by atoms with Crippen molar-refractivity contribution in [3.05, 3.63) is 39.1 Å². The number of ether oxygens (including phenoxy) is 2. The molecule has 10 heteroatoms. The predicted molar refractivity (Wildman–Crippen MR) is 77.3 cm³/mol. The second-order valence-electron chi connectivity index (χ2n) is 3.65. The summed E-state index contributed by atoms with van der Waals surface area (Å²) in [5, 5.41) is 11.1. The lowest BCUT2D eigenvalue weighted by Crippen LogP contribution is -2.11. The first-order chi connectivity index (χ1) is 10.1. The average molecular weight is 356 g/mol. The number of hydrazine groups is 1. The molecule has 0 radical (unpaired) electrons. The third kappa shape index (κ3) is 3.01. The topological polar surface area (TPSA) is 125 Å². The van der Waals surface area contributed by atoms with Crippen LogP contribution in [0, 0.1) is 10.1 Å². The van der Waals surface area contributed by atoms with Gasteiger partial charge in [0.2, 0.25) is 11.5 Å². The first-order valence-electron chi connectivity index (χ1n) is 5.54. The van der Waals surface area contributed by atoms with Crippen molar-refractivity contribution in [2.24, 2.45) is 5.84 Å². The maximum Gasteiger partial charge on any atom is 0.312 e. The quantitative estimate of drug-likeness (QED) is 0.475. The number of rotatable bonds is 5. The lowest BCUT2D eigenvalue weighted by Gasteiger charge is -2.12. The lowest BCUT2D eigenvalue weighted by atomic mass is 10.3. The first-order valence-corrected chi connectivity index (χ1v) is 6.34. The van der Waals surface area contributed by atoms with E-state index >= 15 is 0 Å². The molecule has 0 amide bonds. The molecule has 1 aromatic heterocycles. The molecule has 0 aliphatic heterocycles. The van der Waals surface area contributed by atoms with Crippen molar-refractivity contribution >= 4 is 27.4 Å². The zero-order valence-electron chi connectivity index (χ0n) is 10.7. The van der Waals surface area contributed by atoms with E-state index in [0.29, 0.717) is 4.47 Å². The molecule has 0 aliphatic carbocycles. The number of nitrogens with one attached hydrogen (secondary N) is 1. The third-order valence-electron chi connectivity index (χ3n) is 2.45. The average Bonchev–Trinajstić information content (AvgIpc) is 2.48. The van der Waals surface area contributed by atoms with Gasteiger partial charge in [-0.05, 0) is 22.0 Å². The van der Waals surface area contributed by atoms with Crippen molar-refractivity contribution in [2.45, 2.75) is 0 Å². The molecule has 0 saturated heterocycles. The van der Waals surface area contributed by atoms with Gasteiger partial charge in [0.05, 0.1) is 16.5 Å². The fourth-order valence-electron chi connectivity index (χ4n) is 1.56. The van der Waals surface area contributed by atoms with Gasteiger partial charge in [-0.3, -0.25) is 10.1 Å². The Bertz CT molecular complexity index is 682. The summed E-state index contributed by atoms with van der Waals surface area (Å²) >= 11 is 3.20. The number of benzene rings is 1. The van der Waals surface area contributed by atoms with Gasteiger partial charge in [-0.15, -0.1) is 0 Å². The highest BCUT2D eigenvalue weighted by Crippen LogP contribution is 2.41. The summed E-state index contributed by atoms with van der Waals surface area (Å²) in [7, 11) is 1.38. The molecule has 1 heterocycles. The van der Waals surface area contributed by atoms with Gasteiger partial charge >= 0.3 is 5.69 Å². The molecule has 110 valence electrons. The summed E-state index contributed by atoms with van der Waals surface area (Å²) in [6, 6.07) is 4.45. The smallest absolute Gasteiger partial charge is 0.312 e. The number of nitro groups is 1. The van der Waals surface area contributed by atoms with Gasteiger partial charge in [-0.25, -0.2) is 10.8 Å². The number of nitro benzene ring substituents is 1. The standard InChI is InChI=1S/C11H10BrN5O4/c1-20-9-10(16-13)14-5-15-11(9)21-8-6(12)3-2-4-7(8)17(18)19/h2-5H,13H2,1H3,(H,14,15,16). The van der Waals surface area contributed by atoms with E-state index in [9.17, 15) is 10.1 Å². The number of nitrogen functional groups attached to an aromatic ring is 1. The Kier molecular flexibility index (Phi) is 4.50. The molecule has 9 nitrogen and oxygen atoms in total. The van der Waals surface area contributed by atoms with Crippen LogP contribution in [0.15, 0.2) is 29.0 Å². The van der Waals surface area contributed by atoms with Crippen LogP contribution in [0.4, 0.5) is 11.5 Å². The van der Waals surface area contributed by atoms with Gasteiger partial charge in [-0.2, -0.15) is 4.98 Å².